The van der Waals surface area contributed by atoms with Gasteiger partial charge >= 0.3 is 0 Å². The van der Waals surface area contributed by atoms with Gasteiger partial charge in [-0.25, -0.2) is 4.98 Å². The number of fused-ring (bicyclic) bond motifs is 2. The second kappa shape index (κ2) is 7.70. The van der Waals surface area contributed by atoms with Crippen LogP contribution in [0, 0.1) is 5.92 Å². The van der Waals surface area contributed by atoms with Crippen molar-refractivity contribution in [1.82, 2.24) is 24.7 Å². The van der Waals surface area contributed by atoms with Gasteiger partial charge in [-0.05, 0) is 48.3 Å². The zero-order chi connectivity index (χ0) is 20.0. The zero-order valence-corrected chi connectivity index (χ0v) is 18.7. The van der Waals surface area contributed by atoms with Crippen molar-refractivity contribution in [2.75, 3.05) is 0 Å². The summed E-state index contributed by atoms with van der Waals surface area (Å²) < 4.78 is 2.71. The van der Waals surface area contributed by atoms with E-state index in [-0.39, 0.29) is 5.56 Å². The number of nitrogens with zero attached hydrogens (tertiary/aromatic N) is 4. The van der Waals surface area contributed by atoms with Gasteiger partial charge in [0.1, 0.15) is 10.5 Å². The summed E-state index contributed by atoms with van der Waals surface area (Å²) in [6.07, 6.45) is 4.92. The average molecular weight is 444 g/mol. The molecule has 0 fully saturated rings. The molecule has 1 aliphatic carbocycles. The van der Waals surface area contributed by atoms with Crippen LogP contribution in [-0.4, -0.2) is 24.7 Å². The van der Waals surface area contributed by atoms with Gasteiger partial charge in [0.15, 0.2) is 11.0 Å². The first-order valence-corrected chi connectivity index (χ1v) is 12.4. The van der Waals surface area contributed by atoms with Gasteiger partial charge in [-0.15, -0.1) is 32.9 Å². The minimum absolute atomic E-state index is 0.0752. The predicted molar refractivity (Wildman–Crippen MR) is 120 cm³/mol. The van der Waals surface area contributed by atoms with E-state index in [0.717, 1.165) is 22.4 Å². The maximum atomic E-state index is 12.1. The Morgan fingerprint density at radius 3 is 3.14 bits per heavy atom. The lowest BCUT2D eigenvalue weighted by Crippen LogP contribution is -2.10. The molecule has 0 bridgehead atoms. The number of aryl methyl sites for hydroxylation is 1. The molecule has 0 amide bonds. The van der Waals surface area contributed by atoms with Crippen molar-refractivity contribution in [3.8, 4) is 10.7 Å². The Hall–Kier alpha value is -1.97. The fourth-order valence-electron chi connectivity index (χ4n) is 3.84. The largest absolute Gasteiger partial charge is 0.309 e. The van der Waals surface area contributed by atoms with E-state index in [9.17, 15) is 4.79 Å². The van der Waals surface area contributed by atoms with Crippen LogP contribution in [0.15, 0.2) is 27.5 Å². The molecule has 0 spiro atoms. The number of aromatic nitrogens is 5. The average Bonchev–Trinajstić information content (AvgIpc) is 3.43. The van der Waals surface area contributed by atoms with Crippen LogP contribution in [-0.2, 0) is 25.6 Å². The van der Waals surface area contributed by atoms with Crippen LogP contribution in [0.4, 0.5) is 0 Å². The van der Waals surface area contributed by atoms with E-state index >= 15 is 0 Å². The standard InChI is InChI=1S/C20H21N5OS3/c1-3-11-4-5-14-12(8-11)9-15(29-14)18-23-24-20(25(18)2)28-10-16-21-13-6-7-27-17(13)19(26)22-16/h6-7,9,11H,3-5,8,10H2,1-2H3,(H,21,22,26)/t11-/m0/s1. The summed E-state index contributed by atoms with van der Waals surface area (Å²) in [6.45, 7) is 2.29. The Morgan fingerprint density at radius 2 is 2.28 bits per heavy atom. The van der Waals surface area contributed by atoms with E-state index in [4.69, 9.17) is 0 Å². The molecule has 4 heterocycles. The molecule has 0 saturated carbocycles. The zero-order valence-electron chi connectivity index (χ0n) is 16.3. The van der Waals surface area contributed by atoms with Gasteiger partial charge in [-0.2, -0.15) is 0 Å². The number of thioether (sulfide) groups is 1. The molecule has 0 radical (unpaired) electrons. The second-order valence-corrected chi connectivity index (χ2v) is 10.4. The summed E-state index contributed by atoms with van der Waals surface area (Å²) in [5.74, 6) is 2.93. The number of nitrogens with one attached hydrogen (secondary N) is 1. The highest BCUT2D eigenvalue weighted by Gasteiger charge is 2.22. The normalized spacial score (nSPS) is 16.4. The van der Waals surface area contributed by atoms with E-state index < -0.39 is 0 Å². The lowest BCUT2D eigenvalue weighted by atomic mass is 9.87. The first-order valence-electron chi connectivity index (χ1n) is 9.73. The van der Waals surface area contributed by atoms with Crippen molar-refractivity contribution < 1.29 is 0 Å². The Morgan fingerprint density at radius 1 is 1.38 bits per heavy atom. The van der Waals surface area contributed by atoms with E-state index in [0.29, 0.717) is 16.3 Å². The third-order valence-corrected chi connectivity index (χ3v) is 8.69. The van der Waals surface area contributed by atoms with Crippen LogP contribution >= 0.6 is 34.4 Å². The number of H-pyrrole nitrogens is 1. The van der Waals surface area contributed by atoms with Crippen molar-refractivity contribution >= 4 is 44.7 Å². The molecule has 1 N–H and O–H groups in total. The molecule has 5 rings (SSSR count). The van der Waals surface area contributed by atoms with Crippen LogP contribution in [0.2, 0.25) is 0 Å². The first-order chi connectivity index (χ1) is 14.1. The van der Waals surface area contributed by atoms with Crippen molar-refractivity contribution in [3.05, 3.63) is 44.1 Å². The Labute approximate surface area is 180 Å². The molecule has 0 aliphatic heterocycles. The van der Waals surface area contributed by atoms with E-state index in [1.807, 2.05) is 34.4 Å². The molecule has 29 heavy (non-hydrogen) atoms. The number of hydrogen-bond donors (Lipinski definition) is 1. The molecule has 150 valence electrons. The molecule has 1 aliphatic rings. The highest BCUT2D eigenvalue weighted by atomic mass is 32.2. The van der Waals surface area contributed by atoms with Gasteiger partial charge < -0.3 is 9.55 Å². The SMILES string of the molecule is CC[C@H]1CCc2sc(-c3nnc(SCc4nc5ccsc5c(=O)[nH]4)n3C)cc2C1. The van der Waals surface area contributed by atoms with Crippen LogP contribution in [0.5, 0.6) is 0 Å². The topological polar surface area (TPSA) is 76.5 Å². The third-order valence-electron chi connectivity index (χ3n) is 5.52. The quantitative estimate of drug-likeness (QED) is 0.455. The molecule has 9 heteroatoms. The molecule has 0 saturated heterocycles. The summed E-state index contributed by atoms with van der Waals surface area (Å²) in [4.78, 5) is 22.3. The monoisotopic (exact) mass is 443 g/mol. The molecular weight excluding hydrogens is 422 g/mol. The predicted octanol–water partition coefficient (Wildman–Crippen LogP) is 4.65. The maximum Gasteiger partial charge on any atom is 0.268 e. The Kier molecular flexibility index (Phi) is 5.05. The minimum Gasteiger partial charge on any atom is -0.309 e. The smallest absolute Gasteiger partial charge is 0.268 e. The van der Waals surface area contributed by atoms with E-state index in [1.165, 1.54) is 64.1 Å². The van der Waals surface area contributed by atoms with Gasteiger partial charge in [-0.1, -0.05) is 25.1 Å². The van der Waals surface area contributed by atoms with Crippen LogP contribution in [0.25, 0.3) is 20.9 Å². The van der Waals surface area contributed by atoms with Gasteiger partial charge in [0.2, 0.25) is 0 Å². The molecular formula is C20H21N5OS3. The minimum atomic E-state index is -0.0752. The molecule has 4 aromatic heterocycles. The summed E-state index contributed by atoms with van der Waals surface area (Å²) in [5, 5.41) is 11.6. The molecule has 6 nitrogen and oxygen atoms in total. The lowest BCUT2D eigenvalue weighted by molar-refractivity contribution is 0.449. The highest BCUT2D eigenvalue weighted by molar-refractivity contribution is 7.98. The maximum absolute atomic E-state index is 12.1. The molecule has 1 atom stereocenters. The van der Waals surface area contributed by atoms with Crippen molar-refractivity contribution in [2.45, 2.75) is 43.5 Å². The van der Waals surface area contributed by atoms with Crippen molar-refractivity contribution in [1.29, 1.82) is 0 Å². The fraction of sp³-hybridized carbons (Fsp3) is 0.400. The summed E-state index contributed by atoms with van der Waals surface area (Å²) in [6, 6.07) is 4.19. The van der Waals surface area contributed by atoms with E-state index in [1.54, 1.807) is 0 Å². The van der Waals surface area contributed by atoms with Gasteiger partial charge in [0.25, 0.3) is 5.56 Å². The highest BCUT2D eigenvalue weighted by Crippen LogP contribution is 2.38. The van der Waals surface area contributed by atoms with Crippen LogP contribution in [0.3, 0.4) is 0 Å². The Bertz CT molecular complexity index is 1230. The van der Waals surface area contributed by atoms with Crippen molar-refractivity contribution in [3.63, 3.8) is 0 Å². The Balaban J connectivity index is 1.36. The fourth-order valence-corrected chi connectivity index (χ4v) is 6.57. The summed E-state index contributed by atoms with van der Waals surface area (Å²) >= 11 is 4.81. The van der Waals surface area contributed by atoms with Crippen LogP contribution in [0.1, 0.15) is 36.0 Å². The molecule has 4 aromatic rings. The number of rotatable bonds is 5. The van der Waals surface area contributed by atoms with Gasteiger partial charge in [-0.3, -0.25) is 4.79 Å². The summed E-state index contributed by atoms with van der Waals surface area (Å²) in [5.41, 5.74) is 2.17. The summed E-state index contributed by atoms with van der Waals surface area (Å²) in [7, 11) is 2.00. The van der Waals surface area contributed by atoms with Crippen molar-refractivity contribution in [2.24, 2.45) is 13.0 Å². The third kappa shape index (κ3) is 3.55. The number of hydrogen-bond acceptors (Lipinski definition) is 7. The number of thiophene rings is 2. The van der Waals surface area contributed by atoms with Gasteiger partial charge in [0, 0.05) is 11.9 Å². The van der Waals surface area contributed by atoms with E-state index in [2.05, 4.69) is 33.2 Å². The first kappa shape index (κ1) is 19.0. The molecule has 0 aromatic carbocycles. The second-order valence-electron chi connectivity index (χ2n) is 7.38. The van der Waals surface area contributed by atoms with Gasteiger partial charge in [0.05, 0.1) is 16.1 Å². The van der Waals surface area contributed by atoms with Crippen LogP contribution < -0.4 is 5.56 Å². The molecule has 0 unspecified atom stereocenters. The lowest BCUT2D eigenvalue weighted by Gasteiger charge is -2.19. The number of aromatic amines is 1.